The van der Waals surface area contributed by atoms with Gasteiger partial charge in [-0.3, -0.25) is 4.79 Å². The summed E-state index contributed by atoms with van der Waals surface area (Å²) in [5, 5.41) is 0.980. The van der Waals surface area contributed by atoms with E-state index in [4.69, 9.17) is 5.73 Å². The number of amides is 1. The third-order valence-electron chi connectivity index (χ3n) is 2.74. The van der Waals surface area contributed by atoms with Crippen molar-refractivity contribution >= 4 is 23.5 Å². The van der Waals surface area contributed by atoms with Crippen LogP contribution in [0.25, 0.3) is 0 Å². The fourth-order valence-electron chi connectivity index (χ4n) is 2.06. The molecule has 0 aromatic carbocycles. The van der Waals surface area contributed by atoms with E-state index in [0.29, 0.717) is 21.9 Å². The van der Waals surface area contributed by atoms with Gasteiger partial charge in [-0.1, -0.05) is 13.8 Å². The molecule has 0 bridgehead atoms. The molecule has 2 atom stereocenters. The molecule has 92 valence electrons. The predicted molar refractivity (Wildman–Crippen MR) is 71.1 cm³/mol. The van der Waals surface area contributed by atoms with E-state index in [9.17, 15) is 4.79 Å². The molecule has 2 heterocycles. The smallest absolute Gasteiger partial charge is 0.255 e. The van der Waals surface area contributed by atoms with Gasteiger partial charge in [0.2, 0.25) is 0 Å². The van der Waals surface area contributed by atoms with Gasteiger partial charge in [0.1, 0.15) is 5.82 Å². The Morgan fingerprint density at radius 2 is 2.06 bits per heavy atom. The van der Waals surface area contributed by atoms with E-state index in [1.165, 1.54) is 0 Å². The Balaban J connectivity index is 2.11. The highest BCUT2D eigenvalue weighted by atomic mass is 32.2. The zero-order chi connectivity index (χ0) is 12.4. The van der Waals surface area contributed by atoms with E-state index in [1.54, 1.807) is 18.3 Å². The fourth-order valence-corrected chi connectivity index (χ4v) is 3.38. The van der Waals surface area contributed by atoms with E-state index in [1.807, 2.05) is 16.7 Å². The zero-order valence-corrected chi connectivity index (χ0v) is 10.9. The number of nitrogens with two attached hydrogens (primary N) is 1. The average molecular weight is 251 g/mol. The van der Waals surface area contributed by atoms with Crippen LogP contribution in [0.3, 0.4) is 0 Å². The summed E-state index contributed by atoms with van der Waals surface area (Å²) in [6.07, 6.45) is 1.55. The molecule has 0 saturated carbocycles. The second kappa shape index (κ2) is 4.96. The molecule has 1 aliphatic heterocycles. The highest BCUT2D eigenvalue weighted by Crippen LogP contribution is 2.25. The highest BCUT2D eigenvalue weighted by Gasteiger charge is 2.26. The topological polar surface area (TPSA) is 59.2 Å². The second-order valence-corrected chi connectivity index (χ2v) is 6.32. The van der Waals surface area contributed by atoms with Crippen molar-refractivity contribution in [3.8, 4) is 0 Å². The molecule has 1 saturated heterocycles. The number of hydrogen-bond donors (Lipinski definition) is 1. The van der Waals surface area contributed by atoms with Gasteiger partial charge in [-0.2, -0.15) is 11.8 Å². The molecular formula is C12H17N3OS. The van der Waals surface area contributed by atoms with Crippen LogP contribution in [0.2, 0.25) is 0 Å². The zero-order valence-electron chi connectivity index (χ0n) is 10.1. The molecule has 1 aromatic heterocycles. The first kappa shape index (κ1) is 12.2. The van der Waals surface area contributed by atoms with Crippen LogP contribution >= 0.6 is 11.8 Å². The number of carbonyl (C=O) groups is 1. The van der Waals surface area contributed by atoms with E-state index in [-0.39, 0.29) is 5.91 Å². The number of hydrogen-bond acceptors (Lipinski definition) is 4. The highest BCUT2D eigenvalue weighted by molar-refractivity contribution is 8.00. The van der Waals surface area contributed by atoms with Crippen molar-refractivity contribution in [2.75, 3.05) is 18.8 Å². The fraction of sp³-hybridized carbons (Fsp3) is 0.500. The van der Waals surface area contributed by atoms with Crippen LogP contribution < -0.4 is 5.73 Å². The van der Waals surface area contributed by atoms with E-state index >= 15 is 0 Å². The molecule has 0 spiro atoms. The van der Waals surface area contributed by atoms with Crippen LogP contribution in [0, 0.1) is 0 Å². The summed E-state index contributed by atoms with van der Waals surface area (Å²) in [6, 6.07) is 3.40. The van der Waals surface area contributed by atoms with Gasteiger partial charge in [-0.05, 0) is 12.1 Å². The molecule has 1 amide bonds. The van der Waals surface area contributed by atoms with Crippen LogP contribution in [0.5, 0.6) is 0 Å². The monoisotopic (exact) mass is 251 g/mol. The third kappa shape index (κ3) is 2.91. The lowest BCUT2D eigenvalue weighted by Crippen LogP contribution is -2.44. The number of aromatic nitrogens is 1. The number of anilines is 1. The van der Waals surface area contributed by atoms with Crippen molar-refractivity contribution in [1.82, 2.24) is 9.88 Å². The number of pyridine rings is 1. The van der Waals surface area contributed by atoms with Crippen LogP contribution in [0.1, 0.15) is 24.2 Å². The Morgan fingerprint density at radius 3 is 2.59 bits per heavy atom. The molecule has 17 heavy (non-hydrogen) atoms. The number of nitrogens with zero attached hydrogens (tertiary/aromatic N) is 2. The van der Waals surface area contributed by atoms with Crippen LogP contribution in [-0.2, 0) is 0 Å². The van der Waals surface area contributed by atoms with Gasteiger partial charge in [-0.25, -0.2) is 4.98 Å². The van der Waals surface area contributed by atoms with Crippen molar-refractivity contribution in [2.24, 2.45) is 0 Å². The van der Waals surface area contributed by atoms with Gasteiger partial charge >= 0.3 is 0 Å². The second-order valence-electron chi connectivity index (χ2n) is 4.44. The summed E-state index contributed by atoms with van der Waals surface area (Å²) < 4.78 is 0. The molecule has 2 unspecified atom stereocenters. The molecule has 0 radical (unpaired) electrons. The van der Waals surface area contributed by atoms with Crippen LogP contribution in [-0.4, -0.2) is 39.4 Å². The summed E-state index contributed by atoms with van der Waals surface area (Å²) in [5.41, 5.74) is 6.13. The molecule has 1 aromatic rings. The molecule has 5 heteroatoms. The third-order valence-corrected chi connectivity index (χ3v) is 3.97. The SMILES string of the molecule is CC1CN(C(=O)c2ccc(N)nc2)CC(C)S1. The van der Waals surface area contributed by atoms with Gasteiger partial charge in [0.05, 0.1) is 5.56 Å². The van der Waals surface area contributed by atoms with Crippen LogP contribution in [0.15, 0.2) is 18.3 Å². The van der Waals surface area contributed by atoms with Gasteiger partial charge in [0, 0.05) is 29.8 Å². The molecule has 2 rings (SSSR count). The maximum absolute atomic E-state index is 12.2. The minimum atomic E-state index is 0.0523. The quantitative estimate of drug-likeness (QED) is 0.824. The molecular weight excluding hydrogens is 234 g/mol. The maximum atomic E-state index is 12.2. The molecule has 2 N–H and O–H groups in total. The summed E-state index contributed by atoms with van der Waals surface area (Å²) in [7, 11) is 0. The first-order chi connectivity index (χ1) is 8.06. The first-order valence-corrected chi connectivity index (χ1v) is 6.67. The Kier molecular flexibility index (Phi) is 3.57. The minimum absolute atomic E-state index is 0.0523. The van der Waals surface area contributed by atoms with E-state index in [0.717, 1.165) is 13.1 Å². The van der Waals surface area contributed by atoms with Crippen molar-refractivity contribution in [3.63, 3.8) is 0 Å². The predicted octanol–water partition coefficient (Wildman–Crippen LogP) is 1.63. The van der Waals surface area contributed by atoms with Gasteiger partial charge in [0.25, 0.3) is 5.91 Å². The van der Waals surface area contributed by atoms with Gasteiger partial charge < -0.3 is 10.6 Å². The molecule has 0 aliphatic carbocycles. The summed E-state index contributed by atoms with van der Waals surface area (Å²) in [6.45, 7) is 5.92. The number of carbonyl (C=O) groups excluding carboxylic acids is 1. The summed E-state index contributed by atoms with van der Waals surface area (Å²) in [5.74, 6) is 0.494. The number of thioether (sulfide) groups is 1. The number of nitrogen functional groups attached to an aromatic ring is 1. The Morgan fingerprint density at radius 1 is 1.41 bits per heavy atom. The Hall–Kier alpha value is -1.23. The average Bonchev–Trinajstić information content (AvgIpc) is 2.28. The summed E-state index contributed by atoms with van der Waals surface area (Å²) in [4.78, 5) is 18.1. The first-order valence-electron chi connectivity index (χ1n) is 5.72. The largest absolute Gasteiger partial charge is 0.384 e. The molecule has 4 nitrogen and oxygen atoms in total. The van der Waals surface area contributed by atoms with Crippen molar-refractivity contribution in [1.29, 1.82) is 0 Å². The van der Waals surface area contributed by atoms with Gasteiger partial charge in [-0.15, -0.1) is 0 Å². The Bertz CT molecular complexity index is 397. The lowest BCUT2D eigenvalue weighted by atomic mass is 10.2. The molecule has 1 fully saturated rings. The minimum Gasteiger partial charge on any atom is -0.384 e. The van der Waals surface area contributed by atoms with E-state index in [2.05, 4.69) is 18.8 Å². The maximum Gasteiger partial charge on any atom is 0.255 e. The lowest BCUT2D eigenvalue weighted by Gasteiger charge is -2.34. The number of rotatable bonds is 1. The Labute approximate surface area is 106 Å². The standard InChI is InChI=1S/C12H17N3OS/c1-8-6-15(7-9(2)17-8)12(16)10-3-4-11(13)14-5-10/h3-5,8-9H,6-7H2,1-2H3,(H2,13,14). The van der Waals surface area contributed by atoms with Crippen LogP contribution in [0.4, 0.5) is 5.82 Å². The normalized spacial score (nSPS) is 24.7. The van der Waals surface area contributed by atoms with Crippen molar-refractivity contribution < 1.29 is 4.79 Å². The van der Waals surface area contributed by atoms with Crippen molar-refractivity contribution in [2.45, 2.75) is 24.3 Å². The molecule has 1 aliphatic rings. The summed E-state index contributed by atoms with van der Waals surface area (Å²) >= 11 is 1.93. The van der Waals surface area contributed by atoms with Gasteiger partial charge in [0.15, 0.2) is 0 Å². The van der Waals surface area contributed by atoms with Crippen molar-refractivity contribution in [3.05, 3.63) is 23.9 Å². The lowest BCUT2D eigenvalue weighted by molar-refractivity contribution is 0.0753. The van der Waals surface area contributed by atoms with E-state index < -0.39 is 0 Å².